The zero-order valence-electron chi connectivity index (χ0n) is 14.7. The fraction of sp³-hybridized carbons (Fsp3) is 0.350. The van der Waals surface area contributed by atoms with Crippen LogP contribution < -0.4 is 0 Å². The van der Waals surface area contributed by atoms with E-state index in [1.807, 2.05) is 62.6 Å². The Labute approximate surface area is 147 Å². The number of ether oxygens (including phenoxy) is 2. The molecule has 0 amide bonds. The van der Waals surface area contributed by atoms with Crippen molar-refractivity contribution in [1.29, 1.82) is 0 Å². The molecule has 25 heavy (non-hydrogen) atoms. The molecule has 0 N–H and O–H groups in total. The molecular weight excluding hydrogens is 314 g/mol. The first kappa shape index (κ1) is 16.3. The summed E-state index contributed by atoms with van der Waals surface area (Å²) < 4.78 is 14.9. The highest BCUT2D eigenvalue weighted by atomic mass is 16.7. The standard InChI is InChI=1S/C20H23N3O2/c1-22(2)12-14-24-20(16-8-4-3-5-9-16)19-21-17-10-6-7-11-18(17)23(19)13-15-25-20/h3-11H,12-15H2,1-2H3. The molecule has 0 fully saturated rings. The van der Waals surface area contributed by atoms with Crippen LogP contribution in [0.5, 0.6) is 0 Å². The Morgan fingerprint density at radius 3 is 2.68 bits per heavy atom. The Bertz CT molecular complexity index is 860. The molecule has 3 aromatic rings. The first-order valence-corrected chi connectivity index (χ1v) is 8.64. The molecule has 0 saturated heterocycles. The van der Waals surface area contributed by atoms with Crippen molar-refractivity contribution in [3.63, 3.8) is 0 Å². The van der Waals surface area contributed by atoms with Gasteiger partial charge in [0.05, 0.1) is 24.2 Å². The second-order valence-electron chi connectivity index (χ2n) is 6.56. The summed E-state index contributed by atoms with van der Waals surface area (Å²) in [4.78, 5) is 6.98. The van der Waals surface area contributed by atoms with Crippen LogP contribution in [-0.2, 0) is 21.8 Å². The minimum atomic E-state index is -0.964. The predicted octanol–water partition coefficient (Wildman–Crippen LogP) is 2.85. The normalized spacial score (nSPS) is 20.1. The maximum absolute atomic E-state index is 6.38. The molecule has 0 spiro atoms. The van der Waals surface area contributed by atoms with Crippen LogP contribution in [0.15, 0.2) is 54.6 Å². The fourth-order valence-corrected chi connectivity index (χ4v) is 3.33. The van der Waals surface area contributed by atoms with Gasteiger partial charge in [-0.3, -0.25) is 0 Å². The summed E-state index contributed by atoms with van der Waals surface area (Å²) in [6, 6.07) is 18.3. The number of likely N-dealkylation sites (N-methyl/N-ethyl adjacent to an activating group) is 1. The van der Waals surface area contributed by atoms with Crippen LogP contribution in [0.25, 0.3) is 11.0 Å². The van der Waals surface area contributed by atoms with E-state index < -0.39 is 5.79 Å². The van der Waals surface area contributed by atoms with Gasteiger partial charge in [0.1, 0.15) is 0 Å². The Hall–Kier alpha value is -2.21. The Balaban J connectivity index is 1.85. The van der Waals surface area contributed by atoms with Gasteiger partial charge in [0.25, 0.3) is 5.79 Å². The monoisotopic (exact) mass is 337 g/mol. The summed E-state index contributed by atoms with van der Waals surface area (Å²) >= 11 is 0. The molecule has 2 aromatic carbocycles. The number of fused-ring (bicyclic) bond motifs is 3. The van der Waals surface area contributed by atoms with E-state index in [0.29, 0.717) is 13.2 Å². The zero-order valence-corrected chi connectivity index (χ0v) is 14.7. The fourth-order valence-electron chi connectivity index (χ4n) is 3.33. The minimum Gasteiger partial charge on any atom is -0.339 e. The predicted molar refractivity (Wildman–Crippen MR) is 97.4 cm³/mol. The second-order valence-corrected chi connectivity index (χ2v) is 6.56. The summed E-state index contributed by atoms with van der Waals surface area (Å²) in [6.45, 7) is 2.74. The summed E-state index contributed by atoms with van der Waals surface area (Å²) in [5, 5.41) is 0. The Morgan fingerprint density at radius 2 is 1.88 bits per heavy atom. The molecule has 1 unspecified atom stereocenters. The first-order chi connectivity index (χ1) is 12.2. The highest BCUT2D eigenvalue weighted by Gasteiger charge is 2.44. The van der Waals surface area contributed by atoms with Crippen molar-refractivity contribution in [2.24, 2.45) is 0 Å². The lowest BCUT2D eigenvalue weighted by Crippen LogP contribution is -2.43. The van der Waals surface area contributed by atoms with E-state index in [0.717, 1.165) is 35.5 Å². The molecule has 2 heterocycles. The Kier molecular flexibility index (Phi) is 4.29. The lowest BCUT2D eigenvalue weighted by molar-refractivity contribution is -0.236. The van der Waals surface area contributed by atoms with Gasteiger partial charge < -0.3 is 18.9 Å². The number of nitrogens with zero attached hydrogens (tertiary/aromatic N) is 3. The lowest BCUT2D eigenvalue weighted by Gasteiger charge is -2.37. The van der Waals surface area contributed by atoms with Crippen LogP contribution in [0, 0.1) is 0 Å². The average Bonchev–Trinajstić information content (AvgIpc) is 3.02. The zero-order chi connectivity index (χ0) is 17.3. The molecule has 1 aromatic heterocycles. The quantitative estimate of drug-likeness (QED) is 0.718. The Morgan fingerprint density at radius 1 is 1.12 bits per heavy atom. The highest BCUT2D eigenvalue weighted by Crippen LogP contribution is 2.38. The number of aromatic nitrogens is 2. The summed E-state index contributed by atoms with van der Waals surface area (Å²) in [5.41, 5.74) is 3.07. The van der Waals surface area contributed by atoms with Gasteiger partial charge in [0, 0.05) is 18.7 Å². The molecular formula is C20H23N3O2. The van der Waals surface area contributed by atoms with Crippen LogP contribution in [0.4, 0.5) is 0 Å². The van der Waals surface area contributed by atoms with Gasteiger partial charge in [-0.15, -0.1) is 0 Å². The topological polar surface area (TPSA) is 39.5 Å². The van der Waals surface area contributed by atoms with Gasteiger partial charge >= 0.3 is 0 Å². The molecule has 4 rings (SSSR count). The highest BCUT2D eigenvalue weighted by molar-refractivity contribution is 5.76. The number of benzene rings is 2. The van der Waals surface area contributed by atoms with Crippen LogP contribution in [-0.4, -0.2) is 48.3 Å². The van der Waals surface area contributed by atoms with E-state index >= 15 is 0 Å². The number of imidazole rings is 1. The van der Waals surface area contributed by atoms with E-state index in [9.17, 15) is 0 Å². The maximum Gasteiger partial charge on any atom is 0.256 e. The van der Waals surface area contributed by atoms with E-state index in [-0.39, 0.29) is 0 Å². The van der Waals surface area contributed by atoms with E-state index in [1.54, 1.807) is 0 Å². The van der Waals surface area contributed by atoms with E-state index in [2.05, 4.69) is 15.5 Å². The summed E-state index contributed by atoms with van der Waals surface area (Å²) in [7, 11) is 4.07. The minimum absolute atomic E-state index is 0.561. The number of hydrogen-bond acceptors (Lipinski definition) is 4. The van der Waals surface area contributed by atoms with Crippen LogP contribution >= 0.6 is 0 Å². The van der Waals surface area contributed by atoms with Crippen molar-refractivity contribution in [3.05, 3.63) is 66.0 Å². The number of para-hydroxylation sites is 2. The molecule has 5 nitrogen and oxygen atoms in total. The SMILES string of the molecule is CN(C)CCOC1(c2ccccc2)OCCn2c1nc1ccccc12. The molecule has 1 atom stereocenters. The van der Waals surface area contributed by atoms with Crippen molar-refractivity contribution >= 4 is 11.0 Å². The molecule has 130 valence electrons. The van der Waals surface area contributed by atoms with Crippen molar-refractivity contribution in [3.8, 4) is 0 Å². The van der Waals surface area contributed by atoms with Crippen molar-refractivity contribution in [1.82, 2.24) is 14.5 Å². The maximum atomic E-state index is 6.38. The molecule has 0 bridgehead atoms. The molecule has 0 saturated carbocycles. The third-order valence-electron chi connectivity index (χ3n) is 4.57. The van der Waals surface area contributed by atoms with Crippen molar-refractivity contribution in [2.45, 2.75) is 12.3 Å². The average molecular weight is 337 g/mol. The molecule has 1 aliphatic heterocycles. The summed E-state index contributed by atoms with van der Waals surface area (Å²) in [6.07, 6.45) is 0. The van der Waals surface area contributed by atoms with Crippen molar-refractivity contribution in [2.75, 3.05) is 33.9 Å². The third kappa shape index (κ3) is 2.84. The molecule has 0 aliphatic carbocycles. The molecule has 0 radical (unpaired) electrons. The number of rotatable bonds is 5. The smallest absolute Gasteiger partial charge is 0.256 e. The van der Waals surface area contributed by atoms with Gasteiger partial charge in [0.2, 0.25) is 0 Å². The van der Waals surface area contributed by atoms with Gasteiger partial charge in [-0.25, -0.2) is 4.98 Å². The lowest BCUT2D eigenvalue weighted by atomic mass is 10.0. The van der Waals surface area contributed by atoms with Gasteiger partial charge in [0.15, 0.2) is 5.82 Å². The molecule has 5 heteroatoms. The van der Waals surface area contributed by atoms with Gasteiger partial charge in [-0.2, -0.15) is 0 Å². The third-order valence-corrected chi connectivity index (χ3v) is 4.57. The van der Waals surface area contributed by atoms with Crippen LogP contribution in [0.3, 0.4) is 0 Å². The second kappa shape index (κ2) is 6.59. The van der Waals surface area contributed by atoms with Crippen LogP contribution in [0.1, 0.15) is 11.4 Å². The van der Waals surface area contributed by atoms with E-state index in [4.69, 9.17) is 14.5 Å². The van der Waals surface area contributed by atoms with E-state index in [1.165, 1.54) is 0 Å². The largest absolute Gasteiger partial charge is 0.339 e. The number of hydrogen-bond donors (Lipinski definition) is 0. The van der Waals surface area contributed by atoms with Crippen molar-refractivity contribution < 1.29 is 9.47 Å². The van der Waals surface area contributed by atoms with Gasteiger partial charge in [-0.1, -0.05) is 42.5 Å². The summed E-state index contributed by atoms with van der Waals surface area (Å²) in [5.74, 6) is -0.140. The van der Waals surface area contributed by atoms with Crippen LogP contribution in [0.2, 0.25) is 0 Å². The molecule has 1 aliphatic rings. The first-order valence-electron chi connectivity index (χ1n) is 8.64. The van der Waals surface area contributed by atoms with Gasteiger partial charge in [-0.05, 0) is 26.2 Å².